The van der Waals surface area contributed by atoms with E-state index in [-0.39, 0.29) is 0 Å². The molecule has 2 atom stereocenters. The molecule has 5 rings (SSSR count). The molecular weight excluding hydrogens is 330 g/mol. The van der Waals surface area contributed by atoms with Crippen LogP contribution in [0.5, 0.6) is 0 Å². The summed E-state index contributed by atoms with van der Waals surface area (Å²) in [6.45, 7) is 5.61. The predicted octanol–water partition coefficient (Wildman–Crippen LogP) is 1.75. The lowest BCUT2D eigenvalue weighted by Crippen LogP contribution is -2.43. The fourth-order valence-electron chi connectivity index (χ4n) is 4.14. The lowest BCUT2D eigenvalue weighted by molar-refractivity contribution is 0.121. The van der Waals surface area contributed by atoms with Crippen molar-refractivity contribution in [3.63, 3.8) is 0 Å². The zero-order chi connectivity index (χ0) is 17.8. The van der Waals surface area contributed by atoms with Gasteiger partial charge in [-0.2, -0.15) is 4.98 Å². The highest BCUT2D eigenvalue weighted by atomic mass is 16.5. The molecule has 7 nitrogen and oxygen atoms in total. The summed E-state index contributed by atoms with van der Waals surface area (Å²) in [6.07, 6.45) is 5.15. The third kappa shape index (κ3) is 4.28. The molecule has 7 heteroatoms. The van der Waals surface area contributed by atoms with Crippen molar-refractivity contribution in [2.45, 2.75) is 38.4 Å². The number of fused-ring (bicyclic) bond motifs is 4. The monoisotopic (exact) mass is 357 g/mol. The third-order valence-electron chi connectivity index (χ3n) is 5.39. The van der Waals surface area contributed by atoms with Gasteiger partial charge in [0, 0.05) is 51.9 Å². The van der Waals surface area contributed by atoms with E-state index in [1.54, 1.807) is 7.11 Å². The smallest absolute Gasteiger partial charge is 0.240 e. The van der Waals surface area contributed by atoms with Crippen LogP contribution >= 0.6 is 0 Å². The second-order valence-corrected chi connectivity index (χ2v) is 7.39. The van der Waals surface area contributed by atoms with E-state index < -0.39 is 0 Å². The summed E-state index contributed by atoms with van der Waals surface area (Å²) in [5.74, 6) is 2.15. The van der Waals surface area contributed by atoms with Crippen LogP contribution in [0.2, 0.25) is 0 Å². The summed E-state index contributed by atoms with van der Waals surface area (Å²) in [7, 11) is 1.69. The van der Waals surface area contributed by atoms with Crippen LogP contribution in [0.15, 0.2) is 28.9 Å². The van der Waals surface area contributed by atoms with Gasteiger partial charge in [0.2, 0.25) is 5.89 Å². The minimum Gasteiger partial charge on any atom is -0.384 e. The van der Waals surface area contributed by atoms with Gasteiger partial charge in [-0.25, -0.2) is 0 Å². The standard InChI is InChI=1S/C19H27N5O2/c1-25-9-7-18-21-19(26-22-18)14-23-10-15-5-6-17(13-23)24(11-15)12-16-4-2-3-8-20-16/h2-4,8,15,17H,5-7,9-14H2,1H3/t15-,17+/m0/s1. The van der Waals surface area contributed by atoms with E-state index in [1.807, 2.05) is 12.3 Å². The summed E-state index contributed by atoms with van der Waals surface area (Å²) >= 11 is 0. The molecule has 0 aliphatic carbocycles. The molecule has 0 aromatic carbocycles. The van der Waals surface area contributed by atoms with Gasteiger partial charge in [0.25, 0.3) is 0 Å². The van der Waals surface area contributed by atoms with E-state index >= 15 is 0 Å². The van der Waals surface area contributed by atoms with Crippen molar-refractivity contribution in [1.82, 2.24) is 24.9 Å². The minimum atomic E-state index is 0.576. The number of pyridine rings is 1. The second kappa shape index (κ2) is 8.24. The number of rotatable bonds is 7. The van der Waals surface area contributed by atoms with Crippen LogP contribution in [0.25, 0.3) is 0 Å². The van der Waals surface area contributed by atoms with Crippen LogP contribution in [0.4, 0.5) is 0 Å². The number of methoxy groups -OCH3 is 1. The van der Waals surface area contributed by atoms with Crippen molar-refractivity contribution in [3.05, 3.63) is 41.8 Å². The maximum atomic E-state index is 5.44. The maximum absolute atomic E-state index is 5.44. The van der Waals surface area contributed by atoms with E-state index in [2.05, 4.69) is 37.1 Å². The van der Waals surface area contributed by atoms with Crippen molar-refractivity contribution in [2.75, 3.05) is 33.4 Å². The van der Waals surface area contributed by atoms with Crippen molar-refractivity contribution < 1.29 is 9.26 Å². The Morgan fingerprint density at radius 1 is 1.19 bits per heavy atom. The average Bonchev–Trinajstić information content (AvgIpc) is 2.92. The maximum Gasteiger partial charge on any atom is 0.240 e. The Hall–Kier alpha value is -1.83. The molecule has 3 saturated heterocycles. The highest BCUT2D eigenvalue weighted by Crippen LogP contribution is 2.29. The van der Waals surface area contributed by atoms with Crippen molar-refractivity contribution in [3.8, 4) is 0 Å². The van der Waals surface area contributed by atoms with E-state index in [9.17, 15) is 0 Å². The van der Waals surface area contributed by atoms with Crippen LogP contribution in [0.1, 0.15) is 30.3 Å². The molecule has 2 aromatic heterocycles. The molecule has 0 saturated carbocycles. The Balaban J connectivity index is 1.37. The molecule has 140 valence electrons. The Morgan fingerprint density at radius 3 is 3.00 bits per heavy atom. The molecule has 3 fully saturated rings. The van der Waals surface area contributed by atoms with Crippen molar-refractivity contribution in [2.24, 2.45) is 5.92 Å². The first-order chi connectivity index (χ1) is 12.8. The van der Waals surface area contributed by atoms with E-state index in [0.717, 1.165) is 44.2 Å². The summed E-state index contributed by atoms with van der Waals surface area (Å²) in [5, 5.41) is 4.06. The fraction of sp³-hybridized carbons (Fsp3) is 0.632. The summed E-state index contributed by atoms with van der Waals surface area (Å²) < 4.78 is 10.5. The Kier molecular flexibility index (Phi) is 5.57. The highest BCUT2D eigenvalue weighted by molar-refractivity contribution is 5.04. The zero-order valence-electron chi connectivity index (χ0n) is 15.4. The Labute approximate surface area is 154 Å². The van der Waals surface area contributed by atoms with E-state index in [0.29, 0.717) is 30.9 Å². The number of hydrogen-bond donors (Lipinski definition) is 0. The molecule has 26 heavy (non-hydrogen) atoms. The van der Waals surface area contributed by atoms with E-state index in [4.69, 9.17) is 9.26 Å². The Bertz CT molecular complexity index is 692. The molecule has 0 radical (unpaired) electrons. The van der Waals surface area contributed by atoms with Gasteiger partial charge in [-0.1, -0.05) is 11.2 Å². The van der Waals surface area contributed by atoms with Gasteiger partial charge in [-0.3, -0.25) is 14.8 Å². The fourth-order valence-corrected chi connectivity index (χ4v) is 4.14. The van der Waals surface area contributed by atoms with E-state index in [1.165, 1.54) is 12.8 Å². The lowest BCUT2D eigenvalue weighted by Gasteiger charge is -2.35. The SMILES string of the molecule is COCCc1noc(CN2C[C@@H]3CC[C@H](C2)N(Cc2ccccn2)C3)n1. The predicted molar refractivity (Wildman–Crippen MR) is 96.3 cm³/mol. The molecule has 0 amide bonds. The number of piperidine rings is 1. The summed E-state index contributed by atoms with van der Waals surface area (Å²) in [5.41, 5.74) is 1.16. The topological polar surface area (TPSA) is 67.5 Å². The molecule has 0 N–H and O–H groups in total. The van der Waals surface area contributed by atoms with Gasteiger partial charge >= 0.3 is 0 Å². The molecular formula is C19H27N5O2. The number of nitrogens with zero attached hydrogens (tertiary/aromatic N) is 5. The first kappa shape index (κ1) is 17.6. The quantitative estimate of drug-likeness (QED) is 0.748. The van der Waals surface area contributed by atoms with Crippen LogP contribution in [0.3, 0.4) is 0 Å². The van der Waals surface area contributed by atoms with Gasteiger partial charge in [-0.05, 0) is 30.9 Å². The number of ether oxygens (including phenoxy) is 1. The van der Waals surface area contributed by atoms with Gasteiger partial charge in [-0.15, -0.1) is 0 Å². The van der Waals surface area contributed by atoms with Crippen LogP contribution in [0, 0.1) is 5.92 Å². The van der Waals surface area contributed by atoms with Gasteiger partial charge in [0.05, 0.1) is 18.8 Å². The third-order valence-corrected chi connectivity index (χ3v) is 5.39. The van der Waals surface area contributed by atoms with Crippen LogP contribution in [-0.2, 0) is 24.2 Å². The molecule has 0 spiro atoms. The van der Waals surface area contributed by atoms with Crippen molar-refractivity contribution >= 4 is 0 Å². The summed E-state index contributed by atoms with van der Waals surface area (Å²) in [4.78, 5) is 14.1. The lowest BCUT2D eigenvalue weighted by atomic mass is 9.95. The normalized spacial score (nSPS) is 24.0. The molecule has 3 aliphatic rings. The molecule has 0 unspecified atom stereocenters. The van der Waals surface area contributed by atoms with Gasteiger partial charge in [0.15, 0.2) is 5.82 Å². The molecule has 5 heterocycles. The first-order valence-corrected chi connectivity index (χ1v) is 9.47. The molecule has 2 aromatic rings. The van der Waals surface area contributed by atoms with Crippen LogP contribution < -0.4 is 0 Å². The zero-order valence-corrected chi connectivity index (χ0v) is 15.4. The van der Waals surface area contributed by atoms with Crippen LogP contribution in [-0.4, -0.2) is 64.3 Å². The van der Waals surface area contributed by atoms with Crippen molar-refractivity contribution in [1.29, 1.82) is 0 Å². The highest BCUT2D eigenvalue weighted by Gasteiger charge is 2.35. The van der Waals surface area contributed by atoms with Gasteiger partial charge < -0.3 is 9.26 Å². The largest absolute Gasteiger partial charge is 0.384 e. The Morgan fingerprint density at radius 2 is 2.15 bits per heavy atom. The number of hydrogen-bond acceptors (Lipinski definition) is 7. The second-order valence-electron chi connectivity index (χ2n) is 7.39. The van der Waals surface area contributed by atoms with Gasteiger partial charge in [0.1, 0.15) is 0 Å². The molecule has 2 bridgehead atoms. The first-order valence-electron chi connectivity index (χ1n) is 9.47. The summed E-state index contributed by atoms with van der Waals surface area (Å²) in [6, 6.07) is 6.75. The molecule has 3 aliphatic heterocycles. The average molecular weight is 357 g/mol. The minimum absolute atomic E-state index is 0.576. The number of aromatic nitrogens is 3.